The molecule has 1 aromatic rings. The molecule has 0 bridgehead atoms. The standard InChI is InChI=1S/C13H16ClN3O2.ClH/c14-10-4-2-1-3-9(10)11(18)16-7-8-17-12(19)13(15)5-6-13;/h1-4H,5-8,15H2,(H,16,18)(H,17,19);1H. The molecule has 0 heterocycles. The Kier molecular flexibility index (Phi) is 5.80. The van der Waals surface area contributed by atoms with Crippen molar-refractivity contribution in [1.29, 1.82) is 0 Å². The van der Waals surface area contributed by atoms with Crippen molar-refractivity contribution in [3.63, 3.8) is 0 Å². The summed E-state index contributed by atoms with van der Waals surface area (Å²) in [5, 5.41) is 5.79. The number of rotatable bonds is 5. The lowest BCUT2D eigenvalue weighted by Crippen LogP contribution is -2.45. The van der Waals surface area contributed by atoms with Crippen molar-refractivity contribution >= 4 is 35.8 Å². The van der Waals surface area contributed by atoms with Crippen LogP contribution in [0.3, 0.4) is 0 Å². The second-order valence-corrected chi connectivity index (χ2v) is 5.05. The summed E-state index contributed by atoms with van der Waals surface area (Å²) < 4.78 is 0. The van der Waals surface area contributed by atoms with Gasteiger partial charge in [0.2, 0.25) is 5.91 Å². The van der Waals surface area contributed by atoms with Crippen molar-refractivity contribution in [2.75, 3.05) is 13.1 Å². The number of nitrogens with one attached hydrogen (secondary N) is 2. The molecule has 1 aliphatic carbocycles. The number of carbonyl (C=O) groups is 2. The Bertz CT molecular complexity index is 504. The van der Waals surface area contributed by atoms with Crippen molar-refractivity contribution in [3.05, 3.63) is 34.9 Å². The first-order valence-corrected chi connectivity index (χ1v) is 6.51. The molecule has 0 spiro atoms. The smallest absolute Gasteiger partial charge is 0.252 e. The molecule has 1 fully saturated rings. The van der Waals surface area contributed by atoms with Crippen LogP contribution in [0.4, 0.5) is 0 Å². The molecule has 0 unspecified atom stereocenters. The molecule has 0 atom stereocenters. The molecule has 1 saturated carbocycles. The van der Waals surface area contributed by atoms with Gasteiger partial charge in [0.15, 0.2) is 0 Å². The van der Waals surface area contributed by atoms with Gasteiger partial charge >= 0.3 is 0 Å². The van der Waals surface area contributed by atoms with Gasteiger partial charge in [-0.3, -0.25) is 9.59 Å². The first-order valence-electron chi connectivity index (χ1n) is 6.13. The summed E-state index contributed by atoms with van der Waals surface area (Å²) in [7, 11) is 0. The number of hydrogen-bond acceptors (Lipinski definition) is 3. The van der Waals surface area contributed by atoms with Gasteiger partial charge in [-0.2, -0.15) is 0 Å². The first kappa shape index (κ1) is 16.8. The summed E-state index contributed by atoms with van der Waals surface area (Å²) in [6.45, 7) is 0.694. The van der Waals surface area contributed by atoms with E-state index in [2.05, 4.69) is 10.6 Å². The Labute approximate surface area is 128 Å². The summed E-state index contributed by atoms with van der Waals surface area (Å²) in [5.74, 6) is -0.409. The van der Waals surface area contributed by atoms with E-state index in [0.717, 1.165) is 12.8 Å². The number of benzene rings is 1. The molecule has 110 valence electrons. The zero-order valence-electron chi connectivity index (χ0n) is 10.8. The summed E-state index contributed by atoms with van der Waals surface area (Å²) >= 11 is 5.90. The van der Waals surface area contributed by atoms with Crippen molar-refractivity contribution in [2.45, 2.75) is 18.4 Å². The molecule has 20 heavy (non-hydrogen) atoms. The lowest BCUT2D eigenvalue weighted by molar-refractivity contribution is -0.123. The van der Waals surface area contributed by atoms with Gasteiger partial charge < -0.3 is 16.4 Å². The maximum absolute atomic E-state index is 11.8. The number of carbonyl (C=O) groups excluding carboxylic acids is 2. The van der Waals surface area contributed by atoms with E-state index >= 15 is 0 Å². The van der Waals surface area contributed by atoms with Gasteiger partial charge in [0, 0.05) is 13.1 Å². The minimum atomic E-state index is -0.674. The molecule has 2 rings (SSSR count). The molecular weight excluding hydrogens is 301 g/mol. The normalized spacial score (nSPS) is 14.9. The fourth-order valence-corrected chi connectivity index (χ4v) is 1.85. The average Bonchev–Trinajstić information content (AvgIpc) is 3.14. The summed E-state index contributed by atoms with van der Waals surface area (Å²) in [6.07, 6.45) is 1.45. The van der Waals surface area contributed by atoms with Crippen LogP contribution in [0.25, 0.3) is 0 Å². The number of nitrogens with two attached hydrogens (primary N) is 1. The van der Waals surface area contributed by atoms with E-state index in [1.54, 1.807) is 24.3 Å². The Morgan fingerprint density at radius 3 is 2.40 bits per heavy atom. The van der Waals surface area contributed by atoms with Crippen LogP contribution < -0.4 is 16.4 Å². The Balaban J connectivity index is 0.00000200. The van der Waals surface area contributed by atoms with Gasteiger partial charge in [0.25, 0.3) is 5.91 Å². The molecule has 1 aliphatic rings. The van der Waals surface area contributed by atoms with Crippen molar-refractivity contribution in [3.8, 4) is 0 Å². The van der Waals surface area contributed by atoms with E-state index in [-0.39, 0.29) is 24.2 Å². The van der Waals surface area contributed by atoms with Crippen LogP contribution in [0.15, 0.2) is 24.3 Å². The van der Waals surface area contributed by atoms with E-state index in [0.29, 0.717) is 23.7 Å². The maximum atomic E-state index is 11.8. The van der Waals surface area contributed by atoms with Crippen LogP contribution in [-0.4, -0.2) is 30.4 Å². The molecule has 0 radical (unpaired) electrons. The van der Waals surface area contributed by atoms with E-state index in [9.17, 15) is 9.59 Å². The van der Waals surface area contributed by atoms with Gasteiger partial charge in [-0.1, -0.05) is 23.7 Å². The second kappa shape index (κ2) is 6.92. The largest absolute Gasteiger partial charge is 0.353 e. The Morgan fingerprint density at radius 2 is 1.80 bits per heavy atom. The topological polar surface area (TPSA) is 84.2 Å². The zero-order valence-corrected chi connectivity index (χ0v) is 12.4. The quantitative estimate of drug-likeness (QED) is 0.711. The Morgan fingerprint density at radius 1 is 1.20 bits per heavy atom. The number of hydrogen-bond donors (Lipinski definition) is 3. The predicted molar refractivity (Wildman–Crippen MR) is 80.2 cm³/mol. The van der Waals surface area contributed by atoms with E-state index in [1.165, 1.54) is 0 Å². The van der Waals surface area contributed by atoms with Crippen LogP contribution in [0.1, 0.15) is 23.2 Å². The van der Waals surface area contributed by atoms with Gasteiger partial charge in [-0.25, -0.2) is 0 Å². The predicted octanol–water partition coefficient (Wildman–Crippen LogP) is 1.10. The highest BCUT2D eigenvalue weighted by Crippen LogP contribution is 2.31. The molecule has 0 saturated heterocycles. The minimum Gasteiger partial charge on any atom is -0.353 e. The summed E-state index contributed by atoms with van der Waals surface area (Å²) in [5.41, 5.74) is 5.48. The minimum absolute atomic E-state index is 0. The highest BCUT2D eigenvalue weighted by molar-refractivity contribution is 6.33. The van der Waals surface area contributed by atoms with Crippen molar-refractivity contribution < 1.29 is 9.59 Å². The van der Waals surface area contributed by atoms with E-state index < -0.39 is 5.54 Å². The number of halogens is 2. The van der Waals surface area contributed by atoms with Crippen LogP contribution in [0.5, 0.6) is 0 Å². The van der Waals surface area contributed by atoms with E-state index in [4.69, 9.17) is 17.3 Å². The zero-order chi connectivity index (χ0) is 13.9. The maximum Gasteiger partial charge on any atom is 0.252 e. The third-order valence-electron chi connectivity index (χ3n) is 3.06. The van der Waals surface area contributed by atoms with Crippen LogP contribution in [0, 0.1) is 0 Å². The van der Waals surface area contributed by atoms with Crippen molar-refractivity contribution in [1.82, 2.24) is 10.6 Å². The fraction of sp³-hybridized carbons (Fsp3) is 0.385. The molecule has 0 aliphatic heterocycles. The van der Waals surface area contributed by atoms with Gasteiger partial charge in [0.1, 0.15) is 0 Å². The van der Waals surface area contributed by atoms with Gasteiger partial charge in [0.05, 0.1) is 16.1 Å². The van der Waals surface area contributed by atoms with Gasteiger partial charge in [-0.15, -0.1) is 12.4 Å². The lowest BCUT2D eigenvalue weighted by Gasteiger charge is -2.11. The molecular formula is C13H17Cl2N3O2. The van der Waals surface area contributed by atoms with Crippen LogP contribution >= 0.6 is 24.0 Å². The highest BCUT2D eigenvalue weighted by Gasteiger charge is 2.45. The molecule has 4 N–H and O–H groups in total. The van der Waals surface area contributed by atoms with E-state index in [1.807, 2.05) is 0 Å². The van der Waals surface area contributed by atoms with Crippen LogP contribution in [0.2, 0.25) is 5.02 Å². The third kappa shape index (κ3) is 4.10. The SMILES string of the molecule is Cl.NC1(C(=O)NCCNC(=O)c2ccccc2Cl)CC1. The molecule has 7 heteroatoms. The summed E-state index contributed by atoms with van der Waals surface area (Å²) in [6, 6.07) is 6.81. The molecule has 1 aromatic carbocycles. The first-order chi connectivity index (χ1) is 9.03. The van der Waals surface area contributed by atoms with Crippen molar-refractivity contribution in [2.24, 2.45) is 5.73 Å². The molecule has 0 aromatic heterocycles. The average molecular weight is 318 g/mol. The molecule has 2 amide bonds. The monoisotopic (exact) mass is 317 g/mol. The lowest BCUT2D eigenvalue weighted by atomic mass is 10.2. The number of amides is 2. The van der Waals surface area contributed by atoms with Crippen LogP contribution in [-0.2, 0) is 4.79 Å². The van der Waals surface area contributed by atoms with Gasteiger partial charge in [-0.05, 0) is 25.0 Å². The third-order valence-corrected chi connectivity index (χ3v) is 3.39. The summed E-state index contributed by atoms with van der Waals surface area (Å²) in [4.78, 5) is 23.3. The molecule has 5 nitrogen and oxygen atoms in total. The fourth-order valence-electron chi connectivity index (χ4n) is 1.63. The highest BCUT2D eigenvalue weighted by atomic mass is 35.5. The Hall–Kier alpha value is -1.30. The second-order valence-electron chi connectivity index (χ2n) is 4.65.